The number of halogens is 2. The van der Waals surface area contributed by atoms with Crippen LogP contribution in [0.3, 0.4) is 0 Å². The first-order valence-electron chi connectivity index (χ1n) is 12.1. The fraction of sp³-hybridized carbons (Fsp3) is 0.640. The second kappa shape index (κ2) is 9.53. The monoisotopic (exact) mass is 477 g/mol. The van der Waals surface area contributed by atoms with E-state index in [1.165, 1.54) is 31.0 Å². The Labute approximate surface area is 199 Å². The van der Waals surface area contributed by atoms with Crippen LogP contribution in [-0.4, -0.2) is 48.0 Å². The van der Waals surface area contributed by atoms with Gasteiger partial charge in [-0.25, -0.2) is 4.39 Å². The lowest BCUT2D eigenvalue weighted by Gasteiger charge is -2.39. The predicted octanol–water partition coefficient (Wildman–Crippen LogP) is 3.14. The summed E-state index contributed by atoms with van der Waals surface area (Å²) in [4.78, 5) is 12.4. The van der Waals surface area contributed by atoms with Gasteiger partial charge in [-0.3, -0.25) is 10.1 Å². The molecule has 1 amide bonds. The Bertz CT molecular complexity index is 895. The first-order chi connectivity index (χ1) is 15.9. The standard InChI is InChI=1S/C25H33ClFN3O3/c26-19-7-6-18(9-20(19)27)33-14-23(31)30-25-10-17(11-25)22(12-25)29-24(32)21-8-5-16(13-28-21)4-3-15-1-2-15/h3-4,6-7,9,15-17,21-22,24,28-29,32H,1-2,5,8,10-14H2,(H,30,31)/b4-3+/t16?,17?,21?,22-,24?,25?/m0/s1. The van der Waals surface area contributed by atoms with Crippen LogP contribution in [-0.2, 0) is 4.79 Å². The first kappa shape index (κ1) is 23.1. The Morgan fingerprint density at radius 1 is 1.24 bits per heavy atom. The lowest BCUT2D eigenvalue weighted by molar-refractivity contribution is -0.125. The van der Waals surface area contributed by atoms with Crippen molar-refractivity contribution < 1.29 is 19.0 Å². The molecule has 1 heterocycles. The number of hydrogen-bond donors (Lipinski definition) is 4. The van der Waals surface area contributed by atoms with Crippen molar-refractivity contribution in [3.05, 3.63) is 41.2 Å². The maximum Gasteiger partial charge on any atom is 0.258 e. The molecule has 180 valence electrons. The Balaban J connectivity index is 1.04. The average Bonchev–Trinajstić information content (AvgIpc) is 3.48. The van der Waals surface area contributed by atoms with Crippen LogP contribution in [0.2, 0.25) is 5.02 Å². The zero-order valence-corrected chi connectivity index (χ0v) is 19.5. The third kappa shape index (κ3) is 5.53. The minimum absolute atomic E-state index is 0.0199. The van der Waals surface area contributed by atoms with Crippen LogP contribution >= 0.6 is 11.6 Å². The van der Waals surface area contributed by atoms with Gasteiger partial charge in [-0.05, 0) is 74.8 Å². The molecule has 3 unspecified atom stereocenters. The zero-order valence-electron chi connectivity index (χ0n) is 18.7. The van der Waals surface area contributed by atoms with Crippen LogP contribution < -0.4 is 20.7 Å². The molecule has 1 saturated heterocycles. The highest BCUT2D eigenvalue weighted by Crippen LogP contribution is 2.52. The van der Waals surface area contributed by atoms with Crippen molar-refractivity contribution in [1.29, 1.82) is 0 Å². The van der Waals surface area contributed by atoms with E-state index in [2.05, 4.69) is 28.1 Å². The Kier molecular flexibility index (Phi) is 6.67. The van der Waals surface area contributed by atoms with Crippen LogP contribution in [0.15, 0.2) is 30.4 Å². The molecule has 8 heteroatoms. The lowest BCUT2D eigenvalue weighted by Crippen LogP contribution is -2.54. The average molecular weight is 478 g/mol. The maximum atomic E-state index is 13.5. The van der Waals surface area contributed by atoms with Crippen molar-refractivity contribution in [2.24, 2.45) is 17.8 Å². The molecule has 5 aliphatic rings. The number of fused-ring (bicyclic) bond motifs is 1. The molecular formula is C25H33ClFN3O3. The van der Waals surface area contributed by atoms with Gasteiger partial charge >= 0.3 is 0 Å². The molecule has 33 heavy (non-hydrogen) atoms. The number of amides is 1. The van der Waals surface area contributed by atoms with Gasteiger partial charge in [0, 0.05) is 30.2 Å². The number of hydrogen-bond acceptors (Lipinski definition) is 5. The molecule has 6 nitrogen and oxygen atoms in total. The van der Waals surface area contributed by atoms with Gasteiger partial charge in [-0.15, -0.1) is 0 Å². The SMILES string of the molecule is O=C(COc1ccc(Cl)c(F)c1)NC12CC(C1)[C@@H](NC(O)C1CCC(/C=C/C3CC3)CN1)C2. The summed E-state index contributed by atoms with van der Waals surface area (Å²) >= 11 is 5.67. The Morgan fingerprint density at radius 2 is 2.00 bits per heavy atom. The molecule has 4 aliphatic carbocycles. The number of carbonyl (C=O) groups is 1. The molecule has 4 saturated carbocycles. The summed E-state index contributed by atoms with van der Waals surface area (Å²) in [5, 5.41) is 20.8. The minimum atomic E-state index is -0.585. The van der Waals surface area contributed by atoms with E-state index in [0.717, 1.165) is 44.6 Å². The van der Waals surface area contributed by atoms with Gasteiger partial charge < -0.3 is 20.5 Å². The van der Waals surface area contributed by atoms with Gasteiger partial charge in [0.05, 0.1) is 5.02 Å². The molecule has 1 aromatic rings. The zero-order chi connectivity index (χ0) is 23.0. The molecule has 4 N–H and O–H groups in total. The summed E-state index contributed by atoms with van der Waals surface area (Å²) in [7, 11) is 0. The predicted molar refractivity (Wildman–Crippen MR) is 124 cm³/mol. The van der Waals surface area contributed by atoms with Gasteiger partial charge in [0.25, 0.3) is 5.91 Å². The van der Waals surface area contributed by atoms with Crippen LogP contribution in [0.1, 0.15) is 44.9 Å². The summed E-state index contributed by atoms with van der Waals surface area (Å²) in [6.45, 7) is 0.745. The van der Waals surface area contributed by atoms with Crippen LogP contribution in [0.4, 0.5) is 4.39 Å². The number of rotatable bonds is 9. The van der Waals surface area contributed by atoms with Crippen molar-refractivity contribution in [1.82, 2.24) is 16.0 Å². The second-order valence-corrected chi connectivity index (χ2v) is 10.8. The van der Waals surface area contributed by atoms with E-state index in [1.807, 2.05) is 0 Å². The lowest BCUT2D eigenvalue weighted by atomic mass is 9.76. The third-order valence-corrected chi connectivity index (χ3v) is 7.99. The molecule has 0 radical (unpaired) electrons. The number of ether oxygens (including phenoxy) is 1. The first-order valence-corrected chi connectivity index (χ1v) is 12.5. The molecule has 5 fully saturated rings. The molecule has 0 aromatic heterocycles. The maximum absolute atomic E-state index is 13.5. The summed E-state index contributed by atoms with van der Waals surface area (Å²) in [6.07, 6.45) is 11.5. The van der Waals surface area contributed by atoms with E-state index in [9.17, 15) is 14.3 Å². The highest BCUT2D eigenvalue weighted by molar-refractivity contribution is 6.30. The molecule has 1 aliphatic heterocycles. The minimum Gasteiger partial charge on any atom is -0.484 e. The van der Waals surface area contributed by atoms with Gasteiger partial charge in [0.1, 0.15) is 17.8 Å². The van der Waals surface area contributed by atoms with E-state index < -0.39 is 12.0 Å². The van der Waals surface area contributed by atoms with Gasteiger partial charge in [0.15, 0.2) is 6.61 Å². The summed E-state index contributed by atoms with van der Waals surface area (Å²) < 4.78 is 18.9. The van der Waals surface area contributed by atoms with Gasteiger partial charge in [0.2, 0.25) is 0 Å². The third-order valence-electron chi connectivity index (χ3n) is 7.69. The molecular weight excluding hydrogens is 445 g/mol. The van der Waals surface area contributed by atoms with Crippen molar-refractivity contribution >= 4 is 17.5 Å². The van der Waals surface area contributed by atoms with E-state index in [-0.39, 0.29) is 40.9 Å². The topological polar surface area (TPSA) is 82.6 Å². The van der Waals surface area contributed by atoms with Crippen molar-refractivity contribution in [3.8, 4) is 5.75 Å². The van der Waals surface area contributed by atoms with Crippen LogP contribution in [0.5, 0.6) is 5.75 Å². The van der Waals surface area contributed by atoms with E-state index >= 15 is 0 Å². The Morgan fingerprint density at radius 3 is 2.70 bits per heavy atom. The Hall–Kier alpha value is -1.67. The molecule has 2 bridgehead atoms. The number of allylic oxidation sites excluding steroid dienone is 1. The largest absolute Gasteiger partial charge is 0.484 e. The number of aliphatic hydroxyl groups is 1. The summed E-state index contributed by atoms with van der Waals surface area (Å²) in [5.41, 5.74) is -0.230. The number of nitrogens with one attached hydrogen (secondary N) is 3. The fourth-order valence-electron chi connectivity index (χ4n) is 5.65. The molecule has 0 spiro atoms. The van der Waals surface area contributed by atoms with E-state index in [0.29, 0.717) is 11.8 Å². The number of carbonyl (C=O) groups excluding carboxylic acids is 1. The number of benzene rings is 1. The summed E-state index contributed by atoms with van der Waals surface area (Å²) in [5.74, 6) is 1.32. The normalized spacial score (nSPS) is 34.2. The smallest absolute Gasteiger partial charge is 0.258 e. The van der Waals surface area contributed by atoms with Crippen LogP contribution in [0, 0.1) is 23.6 Å². The van der Waals surface area contributed by atoms with Gasteiger partial charge in [-0.2, -0.15) is 0 Å². The summed E-state index contributed by atoms with van der Waals surface area (Å²) in [6, 6.07) is 4.38. The van der Waals surface area contributed by atoms with Crippen molar-refractivity contribution in [2.75, 3.05) is 13.2 Å². The van der Waals surface area contributed by atoms with Gasteiger partial charge in [-0.1, -0.05) is 23.8 Å². The number of piperidine rings is 1. The quantitative estimate of drug-likeness (QED) is 0.324. The van der Waals surface area contributed by atoms with E-state index in [1.54, 1.807) is 0 Å². The molecule has 4 atom stereocenters. The fourth-order valence-corrected chi connectivity index (χ4v) is 5.77. The highest BCUT2D eigenvalue weighted by Gasteiger charge is 2.57. The van der Waals surface area contributed by atoms with Crippen molar-refractivity contribution in [2.45, 2.75) is 68.8 Å². The van der Waals surface area contributed by atoms with Crippen molar-refractivity contribution in [3.63, 3.8) is 0 Å². The number of aliphatic hydroxyl groups excluding tert-OH is 1. The van der Waals surface area contributed by atoms with E-state index in [4.69, 9.17) is 16.3 Å². The second-order valence-electron chi connectivity index (χ2n) is 10.4. The highest BCUT2D eigenvalue weighted by atomic mass is 35.5. The molecule has 1 aromatic carbocycles. The molecule has 6 rings (SSSR count). The van der Waals surface area contributed by atoms with Crippen LogP contribution in [0.25, 0.3) is 0 Å².